The minimum atomic E-state index is -0.308. The zero-order chi connectivity index (χ0) is 22.7. The third kappa shape index (κ3) is 4.33. The summed E-state index contributed by atoms with van der Waals surface area (Å²) in [6.07, 6.45) is 0. The average molecular weight is 424 g/mol. The van der Waals surface area contributed by atoms with E-state index in [4.69, 9.17) is 9.47 Å². The number of nitrogens with one attached hydrogen (secondary N) is 1. The Hall–Kier alpha value is -3.55. The molecule has 0 aliphatic rings. The molecule has 8 nitrogen and oxygen atoms in total. The molecule has 0 fully saturated rings. The zero-order valence-corrected chi connectivity index (χ0v) is 19.1. The maximum absolute atomic E-state index is 12.8. The molecule has 3 aromatic rings. The molecular formula is C23H29N5O3. The maximum atomic E-state index is 12.8. The third-order valence-electron chi connectivity index (χ3n) is 5.46. The Kier molecular flexibility index (Phi) is 6.48. The molecule has 1 heterocycles. The summed E-state index contributed by atoms with van der Waals surface area (Å²) in [4.78, 5) is 28.5. The highest BCUT2D eigenvalue weighted by molar-refractivity contribution is 5.95. The molecule has 31 heavy (non-hydrogen) atoms. The van der Waals surface area contributed by atoms with E-state index in [9.17, 15) is 4.79 Å². The second-order valence-electron chi connectivity index (χ2n) is 7.38. The second-order valence-corrected chi connectivity index (χ2v) is 7.38. The van der Waals surface area contributed by atoms with Gasteiger partial charge in [0.15, 0.2) is 11.5 Å². The van der Waals surface area contributed by atoms with E-state index >= 15 is 0 Å². The van der Waals surface area contributed by atoms with Crippen LogP contribution in [0.3, 0.4) is 0 Å². The molecule has 0 atom stereocenters. The second kappa shape index (κ2) is 9.07. The number of aromatic amines is 1. The molecule has 0 unspecified atom stereocenters. The number of aliphatic imine (C=N–C) groups is 1. The van der Waals surface area contributed by atoms with E-state index in [2.05, 4.69) is 21.0 Å². The Morgan fingerprint density at radius 2 is 1.94 bits per heavy atom. The lowest BCUT2D eigenvalue weighted by atomic mass is 10.1. The number of amidine groups is 1. The third-order valence-corrected chi connectivity index (χ3v) is 5.46. The number of hydrogen-bond acceptors (Lipinski definition) is 6. The van der Waals surface area contributed by atoms with Crippen molar-refractivity contribution in [3.63, 3.8) is 0 Å². The highest BCUT2D eigenvalue weighted by Crippen LogP contribution is 2.35. The molecule has 0 saturated heterocycles. The summed E-state index contributed by atoms with van der Waals surface area (Å²) in [6, 6.07) is 9.96. The first-order chi connectivity index (χ1) is 14.8. The molecule has 8 heteroatoms. The van der Waals surface area contributed by atoms with Crippen LogP contribution in [-0.2, 0) is 6.54 Å². The van der Waals surface area contributed by atoms with Crippen LogP contribution in [0.15, 0.2) is 40.1 Å². The number of fused-ring (bicyclic) bond motifs is 1. The van der Waals surface area contributed by atoms with Crippen molar-refractivity contribution in [2.75, 3.05) is 45.2 Å². The van der Waals surface area contributed by atoms with Crippen molar-refractivity contribution < 1.29 is 9.47 Å². The van der Waals surface area contributed by atoms with Crippen LogP contribution >= 0.6 is 0 Å². The number of nitrogens with zero attached hydrogens (tertiary/aromatic N) is 4. The molecule has 164 valence electrons. The minimum Gasteiger partial charge on any atom is -0.493 e. The molecule has 0 radical (unpaired) electrons. The van der Waals surface area contributed by atoms with Crippen molar-refractivity contribution in [2.24, 2.45) is 4.99 Å². The largest absolute Gasteiger partial charge is 0.493 e. The predicted octanol–water partition coefficient (Wildman–Crippen LogP) is 3.37. The normalized spacial score (nSPS) is 11.5. The van der Waals surface area contributed by atoms with Crippen LogP contribution in [0.2, 0.25) is 0 Å². The van der Waals surface area contributed by atoms with Gasteiger partial charge in [0.05, 0.1) is 31.0 Å². The molecule has 0 amide bonds. The smallest absolute Gasteiger partial charge is 0.282 e. The molecule has 0 saturated carbocycles. The van der Waals surface area contributed by atoms with E-state index in [1.807, 2.05) is 55.9 Å². The van der Waals surface area contributed by atoms with Crippen LogP contribution in [0, 0.1) is 6.92 Å². The standard InChI is InChI=1S/C23H29N5O3/c1-14-20-18(12-19(30-6)21(14)31-7)25-23(26-22(20)29)27(4)13-16-9-8-10-17(11-16)28(5)15(2)24-3/h8-12H,13H2,1-7H3,(H,25,26,29)/b24-15-. The summed E-state index contributed by atoms with van der Waals surface area (Å²) in [7, 11) is 8.78. The van der Waals surface area contributed by atoms with E-state index in [0.717, 1.165) is 17.1 Å². The number of H-pyrrole nitrogens is 1. The highest BCUT2D eigenvalue weighted by atomic mass is 16.5. The van der Waals surface area contributed by atoms with Gasteiger partial charge in [0, 0.05) is 45.0 Å². The molecule has 0 aliphatic carbocycles. The number of benzene rings is 2. The van der Waals surface area contributed by atoms with Crippen molar-refractivity contribution in [2.45, 2.75) is 20.4 Å². The molecule has 0 bridgehead atoms. The van der Waals surface area contributed by atoms with Gasteiger partial charge in [-0.3, -0.25) is 9.79 Å². The number of rotatable bonds is 6. The fourth-order valence-electron chi connectivity index (χ4n) is 3.58. The van der Waals surface area contributed by atoms with Gasteiger partial charge in [-0.25, -0.2) is 0 Å². The first-order valence-corrected chi connectivity index (χ1v) is 9.93. The predicted molar refractivity (Wildman–Crippen MR) is 126 cm³/mol. The number of aryl methyl sites for hydroxylation is 1. The van der Waals surface area contributed by atoms with E-state index < -0.39 is 0 Å². The summed E-state index contributed by atoms with van der Waals surface area (Å²) in [5.41, 5.74) is 3.17. The summed E-state index contributed by atoms with van der Waals surface area (Å²) < 4.78 is 10.8. The average Bonchev–Trinajstić information content (AvgIpc) is 2.77. The van der Waals surface area contributed by atoms with E-state index in [1.165, 1.54) is 0 Å². The number of methoxy groups -OCH3 is 2. The molecule has 1 aromatic heterocycles. The van der Waals surface area contributed by atoms with Crippen LogP contribution < -0.4 is 24.8 Å². The van der Waals surface area contributed by atoms with Crippen LogP contribution in [-0.4, -0.2) is 51.2 Å². The fourth-order valence-corrected chi connectivity index (χ4v) is 3.58. The van der Waals surface area contributed by atoms with Crippen molar-refractivity contribution in [3.8, 4) is 11.5 Å². The van der Waals surface area contributed by atoms with Crippen molar-refractivity contribution >= 4 is 28.4 Å². The molecular weight excluding hydrogens is 394 g/mol. The topological polar surface area (TPSA) is 83.1 Å². The lowest BCUT2D eigenvalue weighted by Crippen LogP contribution is -2.25. The Balaban J connectivity index is 1.97. The van der Waals surface area contributed by atoms with Crippen molar-refractivity contribution in [1.29, 1.82) is 0 Å². The first-order valence-electron chi connectivity index (χ1n) is 9.93. The molecule has 2 aromatic carbocycles. The quantitative estimate of drug-likeness (QED) is 0.484. The number of anilines is 2. The number of hydrogen-bond donors (Lipinski definition) is 1. The van der Waals surface area contributed by atoms with Gasteiger partial charge in [-0.05, 0) is 31.5 Å². The summed E-state index contributed by atoms with van der Waals surface area (Å²) in [6.45, 7) is 4.37. The fraction of sp³-hybridized carbons (Fsp3) is 0.348. The van der Waals surface area contributed by atoms with Gasteiger partial charge in [-0.2, -0.15) is 4.98 Å². The van der Waals surface area contributed by atoms with Gasteiger partial charge in [-0.15, -0.1) is 0 Å². The SMILES string of the molecule is C/N=C(/C)N(C)c1cccc(CN(C)c2nc(=O)c3c(C)c(OC)c(OC)cc3[nH]2)c1. The Morgan fingerprint density at radius 3 is 2.58 bits per heavy atom. The number of aromatic nitrogens is 2. The van der Waals surface area contributed by atoms with Gasteiger partial charge >= 0.3 is 0 Å². The van der Waals surface area contributed by atoms with Crippen molar-refractivity contribution in [1.82, 2.24) is 9.97 Å². The summed E-state index contributed by atoms with van der Waals surface area (Å²) in [5, 5.41) is 0.493. The highest BCUT2D eigenvalue weighted by Gasteiger charge is 2.17. The van der Waals surface area contributed by atoms with E-state index in [0.29, 0.717) is 40.5 Å². The zero-order valence-electron chi connectivity index (χ0n) is 19.1. The molecule has 0 spiro atoms. The Bertz CT molecular complexity index is 1190. The van der Waals surface area contributed by atoms with Gasteiger partial charge < -0.3 is 24.3 Å². The molecule has 3 rings (SSSR count). The van der Waals surface area contributed by atoms with Crippen molar-refractivity contribution in [3.05, 3.63) is 51.8 Å². The Morgan fingerprint density at radius 1 is 1.19 bits per heavy atom. The Labute approximate surface area is 182 Å². The first kappa shape index (κ1) is 22.1. The lowest BCUT2D eigenvalue weighted by Gasteiger charge is -2.22. The van der Waals surface area contributed by atoms with Gasteiger partial charge in [-0.1, -0.05) is 12.1 Å². The van der Waals surface area contributed by atoms with Gasteiger partial charge in [0.2, 0.25) is 5.95 Å². The van der Waals surface area contributed by atoms with Gasteiger partial charge in [0.1, 0.15) is 0 Å². The summed E-state index contributed by atoms with van der Waals surface area (Å²) in [5.74, 6) is 2.50. The number of ether oxygens (including phenoxy) is 2. The van der Waals surface area contributed by atoms with Gasteiger partial charge in [0.25, 0.3) is 5.56 Å². The maximum Gasteiger partial charge on any atom is 0.282 e. The van der Waals surface area contributed by atoms with Crippen LogP contribution in [0.4, 0.5) is 11.6 Å². The van der Waals surface area contributed by atoms with Crippen LogP contribution in [0.1, 0.15) is 18.1 Å². The van der Waals surface area contributed by atoms with Crippen LogP contribution in [0.5, 0.6) is 11.5 Å². The monoisotopic (exact) mass is 423 g/mol. The molecule has 0 aliphatic heterocycles. The lowest BCUT2D eigenvalue weighted by molar-refractivity contribution is 0.354. The van der Waals surface area contributed by atoms with E-state index in [-0.39, 0.29) is 5.56 Å². The summed E-state index contributed by atoms with van der Waals surface area (Å²) >= 11 is 0. The minimum absolute atomic E-state index is 0.308. The van der Waals surface area contributed by atoms with E-state index in [1.54, 1.807) is 27.3 Å². The van der Waals surface area contributed by atoms with Crippen LogP contribution in [0.25, 0.3) is 10.9 Å². The molecule has 1 N–H and O–H groups in total.